The molecule has 2 nitrogen and oxygen atoms in total. The molecule has 0 saturated heterocycles. The molecule has 0 unspecified atom stereocenters. The number of carbonyl (C=O) groups is 1. The van der Waals surface area contributed by atoms with Crippen molar-refractivity contribution in [1.82, 2.24) is 5.32 Å². The van der Waals surface area contributed by atoms with Gasteiger partial charge in [0.1, 0.15) is 0 Å². The highest BCUT2D eigenvalue weighted by Crippen LogP contribution is 2.61. The summed E-state index contributed by atoms with van der Waals surface area (Å²) in [6.07, 6.45) is 4.39. The molecule has 0 radical (unpaired) electrons. The van der Waals surface area contributed by atoms with Gasteiger partial charge in [-0.05, 0) is 49.0 Å². The molecule has 3 rings (SSSR count). The summed E-state index contributed by atoms with van der Waals surface area (Å²) in [7, 11) is 0. The Bertz CT molecular complexity index is 507. The molecule has 1 aromatic carbocycles. The van der Waals surface area contributed by atoms with Gasteiger partial charge >= 0.3 is 0 Å². The Kier molecular flexibility index (Phi) is 3.15. The minimum atomic E-state index is -0.0399. The van der Waals surface area contributed by atoms with Crippen LogP contribution < -0.4 is 5.32 Å². The van der Waals surface area contributed by atoms with Crippen LogP contribution in [0, 0.1) is 17.3 Å². The van der Waals surface area contributed by atoms with Gasteiger partial charge in [0, 0.05) is 5.54 Å². The Hall–Kier alpha value is -1.31. The minimum Gasteiger partial charge on any atom is -0.350 e. The Balaban J connectivity index is 1.72. The quantitative estimate of drug-likeness (QED) is 0.895. The summed E-state index contributed by atoms with van der Waals surface area (Å²) in [5.41, 5.74) is 1.26. The number of fused-ring (bicyclic) bond motifs is 2. The van der Waals surface area contributed by atoms with Crippen LogP contribution in [0.15, 0.2) is 30.3 Å². The maximum absolute atomic E-state index is 12.4. The van der Waals surface area contributed by atoms with Gasteiger partial charge in [-0.2, -0.15) is 0 Å². The van der Waals surface area contributed by atoms with E-state index in [1.54, 1.807) is 0 Å². The molecule has 2 heteroatoms. The van der Waals surface area contributed by atoms with E-state index in [1.165, 1.54) is 19.3 Å². The summed E-state index contributed by atoms with van der Waals surface area (Å²) in [5, 5.41) is 3.39. The van der Waals surface area contributed by atoms with Gasteiger partial charge in [0.2, 0.25) is 5.91 Å². The Morgan fingerprint density at radius 3 is 2.40 bits per heavy atom. The van der Waals surface area contributed by atoms with Gasteiger partial charge in [-0.3, -0.25) is 4.79 Å². The van der Waals surface area contributed by atoms with Gasteiger partial charge in [0.25, 0.3) is 0 Å². The Labute approximate surface area is 122 Å². The zero-order chi connectivity index (χ0) is 14.4. The second kappa shape index (κ2) is 4.61. The molecule has 1 aromatic rings. The van der Waals surface area contributed by atoms with Crippen LogP contribution >= 0.6 is 0 Å². The maximum atomic E-state index is 12.4. The lowest BCUT2D eigenvalue weighted by molar-refractivity contribution is -0.124. The smallest absolute Gasteiger partial charge is 0.224 e. The fourth-order valence-electron chi connectivity index (χ4n) is 4.49. The average Bonchev–Trinajstić information content (AvgIpc) is 2.94. The minimum absolute atomic E-state index is 0.0399. The molecule has 1 N–H and O–H groups in total. The van der Waals surface area contributed by atoms with Gasteiger partial charge in [-0.25, -0.2) is 0 Å². The molecule has 1 amide bonds. The van der Waals surface area contributed by atoms with Crippen molar-refractivity contribution in [2.24, 2.45) is 17.3 Å². The fourth-order valence-corrected chi connectivity index (χ4v) is 4.49. The molecule has 0 spiro atoms. The topological polar surface area (TPSA) is 29.1 Å². The molecule has 0 heterocycles. The van der Waals surface area contributed by atoms with E-state index in [9.17, 15) is 4.79 Å². The molecule has 2 saturated carbocycles. The first-order valence-electron chi connectivity index (χ1n) is 7.78. The monoisotopic (exact) mass is 271 g/mol. The van der Waals surface area contributed by atoms with E-state index in [2.05, 4.69) is 26.1 Å². The van der Waals surface area contributed by atoms with E-state index >= 15 is 0 Å². The van der Waals surface area contributed by atoms with Crippen LogP contribution in [-0.4, -0.2) is 11.4 Å². The Morgan fingerprint density at radius 1 is 1.15 bits per heavy atom. The van der Waals surface area contributed by atoms with Crippen LogP contribution in [0.5, 0.6) is 0 Å². The van der Waals surface area contributed by atoms with E-state index in [0.29, 0.717) is 12.3 Å². The highest BCUT2D eigenvalue weighted by atomic mass is 16.1. The summed E-state index contributed by atoms with van der Waals surface area (Å²) in [5.74, 6) is 1.59. The van der Waals surface area contributed by atoms with Gasteiger partial charge in [0.15, 0.2) is 0 Å². The number of nitrogens with one attached hydrogen (secondary N) is 1. The lowest BCUT2D eigenvalue weighted by Crippen LogP contribution is -2.59. The number of amides is 1. The molecule has 2 aliphatic carbocycles. The second-order valence-electron chi connectivity index (χ2n) is 7.34. The third-order valence-corrected chi connectivity index (χ3v) is 6.21. The zero-order valence-corrected chi connectivity index (χ0v) is 12.8. The molecule has 0 aliphatic heterocycles. The average molecular weight is 271 g/mol. The van der Waals surface area contributed by atoms with Crippen molar-refractivity contribution in [3.05, 3.63) is 35.9 Å². The first-order valence-corrected chi connectivity index (χ1v) is 7.78. The van der Waals surface area contributed by atoms with Crippen LogP contribution in [0.1, 0.15) is 45.6 Å². The van der Waals surface area contributed by atoms with Crippen LogP contribution in [0.4, 0.5) is 0 Å². The second-order valence-corrected chi connectivity index (χ2v) is 7.34. The predicted octanol–water partition coefficient (Wildman–Crippen LogP) is 3.56. The van der Waals surface area contributed by atoms with E-state index in [0.717, 1.165) is 11.5 Å². The molecule has 20 heavy (non-hydrogen) atoms. The van der Waals surface area contributed by atoms with Gasteiger partial charge < -0.3 is 5.32 Å². The molecule has 2 fully saturated rings. The molecule has 3 atom stereocenters. The number of benzene rings is 1. The summed E-state index contributed by atoms with van der Waals surface area (Å²) >= 11 is 0. The highest BCUT2D eigenvalue weighted by molar-refractivity contribution is 5.79. The zero-order valence-electron chi connectivity index (χ0n) is 12.8. The van der Waals surface area contributed by atoms with E-state index in [4.69, 9.17) is 0 Å². The first kappa shape index (κ1) is 13.7. The SMILES string of the molecule is CC1(C)[C@H]2CC[C@@H](C2)[C@]1(C)NC(=O)Cc1ccccc1. The molecule has 108 valence electrons. The van der Waals surface area contributed by atoms with Crippen LogP contribution in [-0.2, 0) is 11.2 Å². The van der Waals surface area contributed by atoms with Gasteiger partial charge in [-0.15, -0.1) is 0 Å². The number of rotatable bonds is 3. The standard InChI is InChI=1S/C18H25NO/c1-17(2)14-9-10-15(12-14)18(17,3)19-16(20)11-13-7-5-4-6-8-13/h4-8,14-15H,9-12H2,1-3H3,(H,19,20)/t14-,15-,18-/m0/s1. The summed E-state index contributed by atoms with van der Waals surface area (Å²) < 4.78 is 0. The fraction of sp³-hybridized carbons (Fsp3) is 0.611. The van der Waals surface area contributed by atoms with Crippen LogP contribution in [0.3, 0.4) is 0 Å². The van der Waals surface area contributed by atoms with Gasteiger partial charge in [-0.1, -0.05) is 44.2 Å². The largest absolute Gasteiger partial charge is 0.350 e. The normalized spacial score (nSPS) is 34.1. The van der Waals surface area contributed by atoms with E-state index in [-0.39, 0.29) is 16.9 Å². The lowest BCUT2D eigenvalue weighted by atomic mass is 9.64. The van der Waals surface area contributed by atoms with Crippen molar-refractivity contribution in [2.75, 3.05) is 0 Å². The van der Waals surface area contributed by atoms with Crippen molar-refractivity contribution in [3.63, 3.8) is 0 Å². The number of hydrogen-bond acceptors (Lipinski definition) is 1. The summed E-state index contributed by atoms with van der Waals surface area (Å²) in [4.78, 5) is 12.4. The molecular weight excluding hydrogens is 246 g/mol. The van der Waals surface area contributed by atoms with Crippen molar-refractivity contribution in [2.45, 2.75) is 52.0 Å². The molecule has 2 bridgehead atoms. The van der Waals surface area contributed by atoms with Crippen molar-refractivity contribution in [1.29, 1.82) is 0 Å². The van der Waals surface area contributed by atoms with E-state index < -0.39 is 0 Å². The maximum Gasteiger partial charge on any atom is 0.224 e. The molecule has 0 aromatic heterocycles. The molecule has 2 aliphatic rings. The van der Waals surface area contributed by atoms with Crippen LogP contribution in [0.2, 0.25) is 0 Å². The van der Waals surface area contributed by atoms with Crippen LogP contribution in [0.25, 0.3) is 0 Å². The summed E-state index contributed by atoms with van der Waals surface area (Å²) in [6, 6.07) is 10.0. The van der Waals surface area contributed by atoms with Gasteiger partial charge in [0.05, 0.1) is 6.42 Å². The number of carbonyl (C=O) groups excluding carboxylic acids is 1. The van der Waals surface area contributed by atoms with Crippen molar-refractivity contribution in [3.8, 4) is 0 Å². The third kappa shape index (κ3) is 1.97. The number of hydrogen-bond donors (Lipinski definition) is 1. The summed E-state index contributed by atoms with van der Waals surface area (Å²) in [6.45, 7) is 6.93. The van der Waals surface area contributed by atoms with Crippen molar-refractivity contribution >= 4 is 5.91 Å². The predicted molar refractivity (Wildman–Crippen MR) is 81.3 cm³/mol. The van der Waals surface area contributed by atoms with Crippen molar-refractivity contribution < 1.29 is 4.79 Å². The Morgan fingerprint density at radius 2 is 1.80 bits per heavy atom. The first-order chi connectivity index (χ1) is 9.43. The molecular formula is C18H25NO. The third-order valence-electron chi connectivity index (χ3n) is 6.21. The van der Waals surface area contributed by atoms with E-state index in [1.807, 2.05) is 30.3 Å². The highest BCUT2D eigenvalue weighted by Gasteiger charge is 2.60. The lowest BCUT2D eigenvalue weighted by Gasteiger charge is -2.48.